The molecule has 0 aliphatic carbocycles. The summed E-state index contributed by atoms with van der Waals surface area (Å²) in [7, 11) is 0. The number of pyridine rings is 1. The fourth-order valence-corrected chi connectivity index (χ4v) is 1.66. The van der Waals surface area contributed by atoms with Crippen molar-refractivity contribution in [1.29, 1.82) is 0 Å². The van der Waals surface area contributed by atoms with Crippen LogP contribution in [0.4, 0.5) is 5.82 Å². The van der Waals surface area contributed by atoms with E-state index >= 15 is 0 Å². The molecule has 0 saturated carbocycles. The lowest BCUT2D eigenvalue weighted by molar-refractivity contribution is -0.114. The Balaban J connectivity index is 2.44. The highest BCUT2D eigenvalue weighted by Crippen LogP contribution is 2.26. The van der Waals surface area contributed by atoms with Crippen molar-refractivity contribution in [2.45, 2.75) is 6.92 Å². The minimum Gasteiger partial charge on any atom is -0.310 e. The highest BCUT2D eigenvalue weighted by Gasteiger charge is 2.06. The van der Waals surface area contributed by atoms with Gasteiger partial charge in [-0.25, -0.2) is 4.98 Å². The summed E-state index contributed by atoms with van der Waals surface area (Å²) < 4.78 is 0. The van der Waals surface area contributed by atoms with Gasteiger partial charge in [0.2, 0.25) is 5.91 Å². The van der Waals surface area contributed by atoms with Crippen molar-refractivity contribution in [2.75, 3.05) is 5.32 Å². The van der Waals surface area contributed by atoms with Gasteiger partial charge in [0.25, 0.3) is 0 Å². The lowest BCUT2D eigenvalue weighted by Crippen LogP contribution is -2.08. The summed E-state index contributed by atoms with van der Waals surface area (Å²) in [6, 6.07) is 11.1. The Labute approximate surface area is 104 Å². The molecule has 86 valence electrons. The summed E-state index contributed by atoms with van der Waals surface area (Å²) in [6.07, 6.45) is 1.64. The molecular formula is C13H11ClN2O. The third-order valence-electron chi connectivity index (χ3n) is 2.26. The molecule has 1 amide bonds. The van der Waals surface area contributed by atoms with Gasteiger partial charge in [0.15, 0.2) is 0 Å². The van der Waals surface area contributed by atoms with E-state index in [-0.39, 0.29) is 5.91 Å². The van der Waals surface area contributed by atoms with Crippen molar-refractivity contribution < 1.29 is 4.79 Å². The Hall–Kier alpha value is -1.87. The number of halogens is 1. The second-order valence-electron chi connectivity index (χ2n) is 3.59. The van der Waals surface area contributed by atoms with Gasteiger partial charge in [-0.3, -0.25) is 4.79 Å². The molecule has 0 aliphatic heterocycles. The Morgan fingerprint density at radius 2 is 1.94 bits per heavy atom. The number of anilines is 1. The van der Waals surface area contributed by atoms with Gasteiger partial charge >= 0.3 is 0 Å². The molecule has 2 aromatic rings. The molecule has 1 aromatic carbocycles. The maximum absolute atomic E-state index is 11.1. The van der Waals surface area contributed by atoms with E-state index in [0.717, 1.165) is 11.1 Å². The minimum absolute atomic E-state index is 0.140. The maximum Gasteiger partial charge on any atom is 0.222 e. The van der Waals surface area contributed by atoms with Crippen LogP contribution >= 0.6 is 11.6 Å². The second-order valence-corrected chi connectivity index (χ2v) is 4.02. The standard InChI is InChI=1S/C13H11ClN2O/c1-9(17)16-13-12(3-2-8-15-13)10-4-6-11(14)7-5-10/h2-8H,1H3,(H,15,16,17). The van der Waals surface area contributed by atoms with Crippen LogP contribution in [0.2, 0.25) is 5.02 Å². The molecule has 0 atom stereocenters. The van der Waals surface area contributed by atoms with Gasteiger partial charge in [-0.2, -0.15) is 0 Å². The Morgan fingerprint density at radius 1 is 1.24 bits per heavy atom. The molecule has 1 heterocycles. The smallest absolute Gasteiger partial charge is 0.222 e. The van der Waals surface area contributed by atoms with Crippen LogP contribution in [0.1, 0.15) is 6.92 Å². The summed E-state index contributed by atoms with van der Waals surface area (Å²) in [5.74, 6) is 0.418. The van der Waals surface area contributed by atoms with Gasteiger partial charge in [0, 0.05) is 23.7 Å². The molecule has 2 rings (SSSR count). The molecule has 0 spiro atoms. The number of carbonyl (C=O) groups is 1. The van der Waals surface area contributed by atoms with Gasteiger partial charge < -0.3 is 5.32 Å². The average Bonchev–Trinajstić information content (AvgIpc) is 2.30. The van der Waals surface area contributed by atoms with Crippen LogP contribution in [0.5, 0.6) is 0 Å². The third-order valence-corrected chi connectivity index (χ3v) is 2.51. The van der Waals surface area contributed by atoms with Crippen molar-refractivity contribution in [2.24, 2.45) is 0 Å². The zero-order valence-corrected chi connectivity index (χ0v) is 10.0. The highest BCUT2D eigenvalue weighted by molar-refractivity contribution is 6.30. The zero-order valence-electron chi connectivity index (χ0n) is 9.27. The molecule has 0 unspecified atom stereocenters. The largest absolute Gasteiger partial charge is 0.310 e. The molecular weight excluding hydrogens is 236 g/mol. The highest BCUT2D eigenvalue weighted by atomic mass is 35.5. The third kappa shape index (κ3) is 2.82. The molecule has 0 bridgehead atoms. The van der Waals surface area contributed by atoms with Crippen LogP contribution in [0.25, 0.3) is 11.1 Å². The maximum atomic E-state index is 11.1. The Kier molecular flexibility index (Phi) is 3.40. The van der Waals surface area contributed by atoms with E-state index in [0.29, 0.717) is 10.8 Å². The van der Waals surface area contributed by atoms with E-state index in [4.69, 9.17) is 11.6 Å². The summed E-state index contributed by atoms with van der Waals surface area (Å²) >= 11 is 5.84. The number of rotatable bonds is 2. The summed E-state index contributed by atoms with van der Waals surface area (Å²) in [4.78, 5) is 15.2. The monoisotopic (exact) mass is 246 g/mol. The molecule has 1 N–H and O–H groups in total. The molecule has 0 radical (unpaired) electrons. The summed E-state index contributed by atoms with van der Waals surface area (Å²) in [6.45, 7) is 1.46. The van der Waals surface area contributed by atoms with E-state index in [9.17, 15) is 4.79 Å². The SMILES string of the molecule is CC(=O)Nc1ncccc1-c1ccc(Cl)cc1. The topological polar surface area (TPSA) is 42.0 Å². The van der Waals surface area contributed by atoms with Crippen molar-refractivity contribution in [1.82, 2.24) is 4.98 Å². The van der Waals surface area contributed by atoms with E-state index in [2.05, 4.69) is 10.3 Å². The van der Waals surface area contributed by atoms with Crippen LogP contribution in [0, 0.1) is 0 Å². The van der Waals surface area contributed by atoms with Crippen molar-refractivity contribution in [3.8, 4) is 11.1 Å². The lowest BCUT2D eigenvalue weighted by Gasteiger charge is -2.08. The first-order valence-electron chi connectivity index (χ1n) is 5.15. The van der Waals surface area contributed by atoms with Gasteiger partial charge in [0.1, 0.15) is 5.82 Å². The van der Waals surface area contributed by atoms with E-state index < -0.39 is 0 Å². The van der Waals surface area contributed by atoms with Gasteiger partial charge in [-0.15, -0.1) is 0 Å². The van der Waals surface area contributed by atoms with Crippen LogP contribution in [-0.2, 0) is 4.79 Å². The number of nitrogens with one attached hydrogen (secondary N) is 1. The number of amides is 1. The summed E-state index contributed by atoms with van der Waals surface area (Å²) in [5.41, 5.74) is 1.84. The summed E-state index contributed by atoms with van der Waals surface area (Å²) in [5, 5.41) is 3.38. The van der Waals surface area contributed by atoms with E-state index in [1.807, 2.05) is 24.3 Å². The molecule has 3 nitrogen and oxygen atoms in total. The van der Waals surface area contributed by atoms with Crippen LogP contribution in [0.3, 0.4) is 0 Å². The van der Waals surface area contributed by atoms with Crippen LogP contribution in [-0.4, -0.2) is 10.9 Å². The van der Waals surface area contributed by atoms with Crippen LogP contribution in [0.15, 0.2) is 42.6 Å². The first-order valence-corrected chi connectivity index (χ1v) is 5.53. The molecule has 4 heteroatoms. The van der Waals surface area contributed by atoms with Crippen molar-refractivity contribution >= 4 is 23.3 Å². The van der Waals surface area contributed by atoms with E-state index in [1.165, 1.54) is 6.92 Å². The Bertz CT molecular complexity index is 537. The van der Waals surface area contributed by atoms with Crippen molar-refractivity contribution in [3.63, 3.8) is 0 Å². The first kappa shape index (κ1) is 11.6. The lowest BCUT2D eigenvalue weighted by atomic mass is 10.1. The van der Waals surface area contributed by atoms with E-state index in [1.54, 1.807) is 18.3 Å². The number of nitrogens with zero attached hydrogens (tertiary/aromatic N) is 1. The average molecular weight is 247 g/mol. The van der Waals surface area contributed by atoms with Gasteiger partial charge in [0.05, 0.1) is 0 Å². The zero-order chi connectivity index (χ0) is 12.3. The normalized spacial score (nSPS) is 10.0. The predicted molar refractivity (Wildman–Crippen MR) is 69.0 cm³/mol. The van der Waals surface area contributed by atoms with Gasteiger partial charge in [-0.05, 0) is 29.8 Å². The van der Waals surface area contributed by atoms with Crippen molar-refractivity contribution in [3.05, 3.63) is 47.6 Å². The molecule has 0 fully saturated rings. The van der Waals surface area contributed by atoms with Crippen LogP contribution < -0.4 is 5.32 Å². The molecule has 0 saturated heterocycles. The predicted octanol–water partition coefficient (Wildman–Crippen LogP) is 3.36. The quantitative estimate of drug-likeness (QED) is 0.883. The number of carbonyl (C=O) groups excluding carboxylic acids is 1. The van der Waals surface area contributed by atoms with Gasteiger partial charge in [-0.1, -0.05) is 23.7 Å². The second kappa shape index (κ2) is 4.97. The molecule has 17 heavy (non-hydrogen) atoms. The number of hydrogen-bond donors (Lipinski definition) is 1. The number of aromatic nitrogens is 1. The first-order chi connectivity index (χ1) is 8.16. The Morgan fingerprint density at radius 3 is 2.59 bits per heavy atom. The fourth-order valence-electron chi connectivity index (χ4n) is 1.53. The number of benzene rings is 1. The minimum atomic E-state index is -0.140. The number of hydrogen-bond acceptors (Lipinski definition) is 2. The fraction of sp³-hybridized carbons (Fsp3) is 0.0769. The molecule has 1 aromatic heterocycles. The molecule has 0 aliphatic rings.